The zero-order chi connectivity index (χ0) is 16.4. The van der Waals surface area contributed by atoms with Crippen LogP contribution in [-0.2, 0) is 22.9 Å². The molecule has 0 saturated carbocycles. The molecule has 1 aliphatic rings. The number of aryl methyl sites for hydroxylation is 2. The molecule has 122 valence electrons. The van der Waals surface area contributed by atoms with Gasteiger partial charge in [-0.2, -0.15) is 0 Å². The van der Waals surface area contributed by atoms with Gasteiger partial charge >= 0.3 is 0 Å². The molecule has 3 rings (SSSR count). The molecule has 2 aromatic carbocycles. The number of methoxy groups -OCH3 is 1. The van der Waals surface area contributed by atoms with Crippen molar-refractivity contribution >= 4 is 27.3 Å². The third-order valence-electron chi connectivity index (χ3n) is 4.04. The zero-order valence-electron chi connectivity index (χ0n) is 12.8. The Morgan fingerprint density at radius 3 is 2.52 bits per heavy atom. The van der Waals surface area contributed by atoms with Gasteiger partial charge in [0.25, 0.3) is 10.0 Å². The van der Waals surface area contributed by atoms with Crippen molar-refractivity contribution in [2.45, 2.75) is 30.6 Å². The van der Waals surface area contributed by atoms with Gasteiger partial charge in [0.1, 0.15) is 5.75 Å². The van der Waals surface area contributed by atoms with E-state index in [-0.39, 0.29) is 4.90 Å². The van der Waals surface area contributed by atoms with Crippen LogP contribution in [-0.4, -0.2) is 15.5 Å². The lowest BCUT2D eigenvalue weighted by Crippen LogP contribution is -2.15. The van der Waals surface area contributed by atoms with Crippen LogP contribution in [0.15, 0.2) is 41.3 Å². The maximum atomic E-state index is 12.7. The van der Waals surface area contributed by atoms with Gasteiger partial charge in [0, 0.05) is 5.02 Å². The summed E-state index contributed by atoms with van der Waals surface area (Å²) in [5, 5.41) is 0.439. The Bertz CT molecular complexity index is 834. The van der Waals surface area contributed by atoms with E-state index in [1.54, 1.807) is 24.3 Å². The van der Waals surface area contributed by atoms with E-state index in [9.17, 15) is 8.42 Å². The largest absolute Gasteiger partial charge is 0.495 e. The number of sulfonamides is 1. The van der Waals surface area contributed by atoms with Gasteiger partial charge in [-0.25, -0.2) is 8.42 Å². The second kappa shape index (κ2) is 6.42. The average Bonchev–Trinajstić information content (AvgIpc) is 2.54. The molecule has 0 amide bonds. The molecule has 0 spiro atoms. The summed E-state index contributed by atoms with van der Waals surface area (Å²) >= 11 is 5.95. The molecule has 0 aromatic heterocycles. The first-order valence-electron chi connectivity index (χ1n) is 7.48. The lowest BCUT2D eigenvalue weighted by molar-refractivity contribution is 0.417. The molecule has 2 aromatic rings. The van der Waals surface area contributed by atoms with E-state index < -0.39 is 10.0 Å². The first-order valence-corrected chi connectivity index (χ1v) is 9.34. The summed E-state index contributed by atoms with van der Waals surface area (Å²) in [6.45, 7) is 0. The number of fused-ring (bicyclic) bond motifs is 1. The predicted molar refractivity (Wildman–Crippen MR) is 91.9 cm³/mol. The van der Waals surface area contributed by atoms with Crippen LogP contribution in [0.25, 0.3) is 0 Å². The van der Waals surface area contributed by atoms with Gasteiger partial charge < -0.3 is 4.74 Å². The molecular weight excluding hydrogens is 334 g/mol. The number of halogens is 1. The Balaban J connectivity index is 1.95. The van der Waals surface area contributed by atoms with Crippen LogP contribution in [0.1, 0.15) is 24.0 Å². The van der Waals surface area contributed by atoms with E-state index in [0.29, 0.717) is 16.5 Å². The highest BCUT2D eigenvalue weighted by atomic mass is 35.5. The quantitative estimate of drug-likeness (QED) is 0.904. The molecular formula is C17H18ClNO3S. The third-order valence-corrected chi connectivity index (χ3v) is 5.63. The van der Waals surface area contributed by atoms with Gasteiger partial charge in [-0.15, -0.1) is 0 Å². The first kappa shape index (κ1) is 16.1. The standard InChI is InChI=1S/C17H18ClNO3S/c1-22-17-9-7-14(18)11-16(17)19-23(20,21)15-8-6-12-4-2-3-5-13(12)10-15/h6-11,19H,2-5H2,1H3. The predicted octanol–water partition coefficient (Wildman–Crippen LogP) is 4.03. The van der Waals surface area contributed by atoms with Crippen LogP contribution >= 0.6 is 11.6 Å². The molecule has 0 bridgehead atoms. The highest BCUT2D eigenvalue weighted by molar-refractivity contribution is 7.92. The van der Waals surface area contributed by atoms with E-state index in [1.807, 2.05) is 6.07 Å². The Labute approximate surface area is 141 Å². The summed E-state index contributed by atoms with van der Waals surface area (Å²) in [5.74, 6) is 0.427. The number of nitrogens with one attached hydrogen (secondary N) is 1. The Kier molecular flexibility index (Phi) is 4.50. The lowest BCUT2D eigenvalue weighted by atomic mass is 9.92. The normalized spacial score (nSPS) is 14.2. The number of ether oxygens (including phenoxy) is 1. The number of hydrogen-bond donors (Lipinski definition) is 1. The maximum Gasteiger partial charge on any atom is 0.262 e. The number of anilines is 1. The first-order chi connectivity index (χ1) is 11.0. The highest BCUT2D eigenvalue weighted by Crippen LogP contribution is 2.31. The van der Waals surface area contributed by atoms with Gasteiger partial charge in [-0.3, -0.25) is 4.72 Å². The zero-order valence-corrected chi connectivity index (χ0v) is 14.4. The van der Waals surface area contributed by atoms with Gasteiger partial charge in [-0.05, 0) is 67.1 Å². The molecule has 1 N–H and O–H groups in total. The third kappa shape index (κ3) is 3.46. The maximum absolute atomic E-state index is 12.7. The highest BCUT2D eigenvalue weighted by Gasteiger charge is 2.19. The van der Waals surface area contributed by atoms with Crippen LogP contribution in [0.2, 0.25) is 5.02 Å². The Morgan fingerprint density at radius 2 is 1.78 bits per heavy atom. The van der Waals surface area contributed by atoms with Crippen molar-refractivity contribution in [2.75, 3.05) is 11.8 Å². The van der Waals surface area contributed by atoms with Gasteiger partial charge in [0.15, 0.2) is 0 Å². The number of rotatable bonds is 4. The second-order valence-electron chi connectivity index (χ2n) is 5.59. The molecule has 0 aliphatic heterocycles. The van der Waals surface area contributed by atoms with E-state index in [4.69, 9.17) is 16.3 Å². The molecule has 0 atom stereocenters. The van der Waals surface area contributed by atoms with Crippen molar-refractivity contribution in [3.05, 3.63) is 52.5 Å². The summed E-state index contributed by atoms with van der Waals surface area (Å²) in [5.41, 5.74) is 2.70. The summed E-state index contributed by atoms with van der Waals surface area (Å²) < 4.78 is 33.1. The molecule has 0 saturated heterocycles. The van der Waals surface area contributed by atoms with Gasteiger partial charge in [0.2, 0.25) is 0 Å². The molecule has 6 heteroatoms. The summed E-state index contributed by atoms with van der Waals surface area (Å²) in [6, 6.07) is 10.2. The van der Waals surface area contributed by atoms with Crippen molar-refractivity contribution < 1.29 is 13.2 Å². The minimum Gasteiger partial charge on any atom is -0.495 e. The topological polar surface area (TPSA) is 55.4 Å². The molecule has 1 aliphatic carbocycles. The van der Waals surface area contributed by atoms with E-state index in [1.165, 1.54) is 18.7 Å². The molecule has 23 heavy (non-hydrogen) atoms. The number of hydrogen-bond acceptors (Lipinski definition) is 3. The van der Waals surface area contributed by atoms with Crippen LogP contribution in [0.3, 0.4) is 0 Å². The van der Waals surface area contributed by atoms with Crippen LogP contribution in [0.5, 0.6) is 5.75 Å². The van der Waals surface area contributed by atoms with Crippen LogP contribution in [0.4, 0.5) is 5.69 Å². The second-order valence-corrected chi connectivity index (χ2v) is 7.71. The fourth-order valence-corrected chi connectivity index (χ4v) is 4.12. The molecule has 4 nitrogen and oxygen atoms in total. The van der Waals surface area contributed by atoms with Gasteiger partial charge in [-0.1, -0.05) is 17.7 Å². The van der Waals surface area contributed by atoms with Crippen molar-refractivity contribution in [2.24, 2.45) is 0 Å². The average molecular weight is 352 g/mol. The SMILES string of the molecule is COc1ccc(Cl)cc1NS(=O)(=O)c1ccc2c(c1)CCCC2. The molecule has 0 heterocycles. The fraction of sp³-hybridized carbons (Fsp3) is 0.294. The fourth-order valence-electron chi connectivity index (χ4n) is 2.84. The molecule has 0 fully saturated rings. The Morgan fingerprint density at radius 1 is 1.04 bits per heavy atom. The van der Waals surface area contributed by atoms with Crippen molar-refractivity contribution in [3.63, 3.8) is 0 Å². The summed E-state index contributed by atoms with van der Waals surface area (Å²) in [4.78, 5) is 0.264. The van der Waals surface area contributed by atoms with Crippen LogP contribution in [0, 0.1) is 0 Å². The van der Waals surface area contributed by atoms with E-state index in [0.717, 1.165) is 31.2 Å². The minimum atomic E-state index is -3.68. The number of benzene rings is 2. The summed E-state index contributed by atoms with van der Waals surface area (Å²) in [6.07, 6.45) is 4.22. The monoisotopic (exact) mass is 351 g/mol. The van der Waals surface area contributed by atoms with E-state index in [2.05, 4.69) is 4.72 Å². The van der Waals surface area contributed by atoms with Crippen molar-refractivity contribution in [3.8, 4) is 5.75 Å². The Hall–Kier alpha value is -1.72. The smallest absolute Gasteiger partial charge is 0.262 e. The summed E-state index contributed by atoms with van der Waals surface area (Å²) in [7, 11) is -2.20. The van der Waals surface area contributed by atoms with Crippen molar-refractivity contribution in [1.29, 1.82) is 0 Å². The van der Waals surface area contributed by atoms with Gasteiger partial charge in [0.05, 0.1) is 17.7 Å². The minimum absolute atomic E-state index is 0.264. The van der Waals surface area contributed by atoms with Crippen molar-refractivity contribution in [1.82, 2.24) is 0 Å². The molecule has 0 radical (unpaired) electrons. The van der Waals surface area contributed by atoms with Crippen LogP contribution < -0.4 is 9.46 Å². The lowest BCUT2D eigenvalue weighted by Gasteiger charge is -2.17. The molecule has 0 unspecified atom stereocenters. The van der Waals surface area contributed by atoms with E-state index >= 15 is 0 Å².